The van der Waals surface area contributed by atoms with Gasteiger partial charge < -0.3 is 4.74 Å². The molecule has 90 valence electrons. The quantitative estimate of drug-likeness (QED) is 0.591. The van der Waals surface area contributed by atoms with Crippen LogP contribution in [0.4, 0.5) is 5.69 Å². The summed E-state index contributed by atoms with van der Waals surface area (Å²) in [7, 11) is 0. The zero-order valence-electron chi connectivity index (χ0n) is 9.30. The summed E-state index contributed by atoms with van der Waals surface area (Å²) in [5, 5.41) is 10.5. The van der Waals surface area contributed by atoms with Crippen LogP contribution in [0.25, 0.3) is 0 Å². The van der Waals surface area contributed by atoms with Gasteiger partial charge in [-0.1, -0.05) is 12.1 Å². The maximum Gasteiger partial charge on any atom is 0.269 e. The Bertz CT molecular complexity index is 427. The van der Waals surface area contributed by atoms with Gasteiger partial charge >= 0.3 is 0 Å². The van der Waals surface area contributed by atoms with E-state index in [0.717, 1.165) is 5.56 Å². The van der Waals surface area contributed by atoms with Crippen molar-refractivity contribution < 1.29 is 14.5 Å². The summed E-state index contributed by atoms with van der Waals surface area (Å²) < 4.78 is 5.26. The highest BCUT2D eigenvalue weighted by molar-refractivity contribution is 5.82. The molecule has 5 nitrogen and oxygen atoms in total. The van der Waals surface area contributed by atoms with Crippen molar-refractivity contribution in [1.82, 2.24) is 0 Å². The number of benzene rings is 1. The molecular formula is C12H13NO4. The van der Waals surface area contributed by atoms with Crippen molar-refractivity contribution in [3.8, 4) is 0 Å². The van der Waals surface area contributed by atoms with E-state index in [0.29, 0.717) is 26.1 Å². The summed E-state index contributed by atoms with van der Waals surface area (Å²) in [4.78, 5) is 21.6. The molecule has 0 amide bonds. The first kappa shape index (κ1) is 11.7. The van der Waals surface area contributed by atoms with Gasteiger partial charge in [0.25, 0.3) is 5.69 Å². The molecule has 1 unspecified atom stereocenters. The molecule has 0 N–H and O–H groups in total. The largest absolute Gasteiger partial charge is 0.380 e. The number of hydrogen-bond acceptors (Lipinski definition) is 4. The van der Waals surface area contributed by atoms with Crippen LogP contribution in [0.2, 0.25) is 0 Å². The predicted octanol–water partition coefficient (Wildman–Crippen LogP) is 1.74. The number of non-ortho nitro benzene ring substituents is 1. The highest BCUT2D eigenvalue weighted by atomic mass is 16.6. The molecule has 0 spiro atoms. The van der Waals surface area contributed by atoms with Gasteiger partial charge in [-0.05, 0) is 12.0 Å². The fraction of sp³-hybridized carbons (Fsp3) is 0.417. The van der Waals surface area contributed by atoms with E-state index >= 15 is 0 Å². The molecule has 1 aliphatic rings. The molecule has 0 radical (unpaired) electrons. The second-order valence-electron chi connectivity index (χ2n) is 4.12. The first-order chi connectivity index (χ1) is 8.16. The number of nitrogens with zero attached hydrogens (tertiary/aromatic N) is 1. The fourth-order valence-electron chi connectivity index (χ4n) is 1.91. The maximum atomic E-state index is 11.6. The summed E-state index contributed by atoms with van der Waals surface area (Å²) in [5.74, 6) is 0.111. The van der Waals surface area contributed by atoms with E-state index in [1.165, 1.54) is 12.1 Å². The minimum Gasteiger partial charge on any atom is -0.380 e. The Morgan fingerprint density at radius 1 is 1.35 bits per heavy atom. The fourth-order valence-corrected chi connectivity index (χ4v) is 1.91. The van der Waals surface area contributed by atoms with Gasteiger partial charge in [0.15, 0.2) is 0 Å². The van der Waals surface area contributed by atoms with Crippen LogP contribution in [0.5, 0.6) is 0 Å². The van der Waals surface area contributed by atoms with E-state index in [2.05, 4.69) is 0 Å². The van der Waals surface area contributed by atoms with Crippen LogP contribution in [-0.2, 0) is 16.0 Å². The number of Topliss-reactive ketones (excluding diaryl/α,β-unsaturated/α-hetero) is 1. The molecule has 1 atom stereocenters. The molecule has 0 aromatic heterocycles. The van der Waals surface area contributed by atoms with Gasteiger partial charge in [-0.3, -0.25) is 14.9 Å². The lowest BCUT2D eigenvalue weighted by atomic mass is 9.93. The van der Waals surface area contributed by atoms with Crippen LogP contribution in [0, 0.1) is 16.0 Å². The van der Waals surface area contributed by atoms with Crippen LogP contribution in [-0.4, -0.2) is 23.9 Å². The Morgan fingerprint density at radius 3 is 2.65 bits per heavy atom. The Morgan fingerprint density at radius 2 is 2.06 bits per heavy atom. The first-order valence-corrected chi connectivity index (χ1v) is 5.50. The smallest absolute Gasteiger partial charge is 0.269 e. The number of hydrogen-bond donors (Lipinski definition) is 0. The molecular weight excluding hydrogens is 222 g/mol. The standard InChI is InChI=1S/C12H13NO4/c14-12-5-6-17-8-10(12)7-9-1-3-11(4-2-9)13(15)16/h1-4,10H,5-8H2. The Balaban J connectivity index is 2.03. The molecule has 5 heteroatoms. The highest BCUT2D eigenvalue weighted by Crippen LogP contribution is 2.18. The van der Waals surface area contributed by atoms with Crippen molar-refractivity contribution in [3.05, 3.63) is 39.9 Å². The van der Waals surface area contributed by atoms with Crippen LogP contribution in [0.15, 0.2) is 24.3 Å². The first-order valence-electron chi connectivity index (χ1n) is 5.50. The Kier molecular flexibility index (Phi) is 3.49. The van der Waals surface area contributed by atoms with Gasteiger partial charge in [0.1, 0.15) is 5.78 Å². The number of carbonyl (C=O) groups is 1. The van der Waals surface area contributed by atoms with Gasteiger partial charge in [0.05, 0.1) is 18.1 Å². The van der Waals surface area contributed by atoms with Gasteiger partial charge in [-0.2, -0.15) is 0 Å². The van der Waals surface area contributed by atoms with Crippen LogP contribution >= 0.6 is 0 Å². The molecule has 1 aromatic rings. The van der Waals surface area contributed by atoms with Crippen molar-refractivity contribution in [1.29, 1.82) is 0 Å². The average Bonchev–Trinajstić information content (AvgIpc) is 2.33. The normalized spacial score (nSPS) is 20.2. The zero-order valence-corrected chi connectivity index (χ0v) is 9.30. The number of carbonyl (C=O) groups excluding carboxylic acids is 1. The third-order valence-corrected chi connectivity index (χ3v) is 2.90. The molecule has 1 fully saturated rings. The van der Waals surface area contributed by atoms with E-state index in [1.807, 2.05) is 0 Å². The Hall–Kier alpha value is -1.75. The molecule has 0 bridgehead atoms. The molecule has 17 heavy (non-hydrogen) atoms. The van der Waals surface area contributed by atoms with E-state index in [1.54, 1.807) is 12.1 Å². The van der Waals surface area contributed by atoms with Gasteiger partial charge in [-0.15, -0.1) is 0 Å². The summed E-state index contributed by atoms with van der Waals surface area (Å²) >= 11 is 0. The lowest BCUT2D eigenvalue weighted by Crippen LogP contribution is -2.29. The van der Waals surface area contributed by atoms with Crippen LogP contribution in [0.3, 0.4) is 0 Å². The van der Waals surface area contributed by atoms with Gasteiger partial charge in [0, 0.05) is 24.5 Å². The summed E-state index contributed by atoms with van der Waals surface area (Å²) in [6.45, 7) is 0.964. The number of ketones is 1. The molecule has 1 heterocycles. The third-order valence-electron chi connectivity index (χ3n) is 2.90. The second-order valence-corrected chi connectivity index (χ2v) is 4.12. The predicted molar refractivity (Wildman–Crippen MR) is 60.7 cm³/mol. The number of ether oxygens (including phenoxy) is 1. The van der Waals surface area contributed by atoms with E-state index in [-0.39, 0.29) is 17.4 Å². The third kappa shape index (κ3) is 2.88. The summed E-state index contributed by atoms with van der Waals surface area (Å²) in [5.41, 5.74) is 0.999. The lowest BCUT2D eigenvalue weighted by molar-refractivity contribution is -0.384. The van der Waals surface area contributed by atoms with Crippen LogP contribution in [0.1, 0.15) is 12.0 Å². The summed E-state index contributed by atoms with van der Waals surface area (Å²) in [6, 6.07) is 6.31. The molecule has 1 aliphatic heterocycles. The van der Waals surface area contributed by atoms with E-state index in [9.17, 15) is 14.9 Å². The van der Waals surface area contributed by atoms with Crippen molar-refractivity contribution in [2.24, 2.45) is 5.92 Å². The minimum atomic E-state index is -0.432. The number of nitro benzene ring substituents is 1. The summed E-state index contributed by atoms with van der Waals surface area (Å²) in [6.07, 6.45) is 1.06. The molecule has 0 aliphatic carbocycles. The second kappa shape index (κ2) is 5.05. The maximum absolute atomic E-state index is 11.6. The van der Waals surface area contributed by atoms with Crippen molar-refractivity contribution in [3.63, 3.8) is 0 Å². The molecule has 1 saturated heterocycles. The lowest BCUT2D eigenvalue weighted by Gasteiger charge is -2.20. The zero-order chi connectivity index (χ0) is 12.3. The van der Waals surface area contributed by atoms with Crippen LogP contribution < -0.4 is 0 Å². The van der Waals surface area contributed by atoms with Gasteiger partial charge in [-0.25, -0.2) is 0 Å². The van der Waals surface area contributed by atoms with Crippen molar-refractivity contribution in [2.75, 3.05) is 13.2 Å². The number of nitro groups is 1. The average molecular weight is 235 g/mol. The molecule has 0 saturated carbocycles. The topological polar surface area (TPSA) is 69.4 Å². The highest BCUT2D eigenvalue weighted by Gasteiger charge is 2.23. The number of rotatable bonds is 3. The monoisotopic (exact) mass is 235 g/mol. The van der Waals surface area contributed by atoms with Crippen molar-refractivity contribution >= 4 is 11.5 Å². The van der Waals surface area contributed by atoms with E-state index < -0.39 is 4.92 Å². The molecule has 1 aromatic carbocycles. The SMILES string of the molecule is O=C1CCOCC1Cc1ccc([N+](=O)[O-])cc1. The molecule has 2 rings (SSSR count). The van der Waals surface area contributed by atoms with E-state index in [4.69, 9.17) is 4.74 Å². The Labute approximate surface area is 98.5 Å². The van der Waals surface area contributed by atoms with Gasteiger partial charge in [0.2, 0.25) is 0 Å². The minimum absolute atomic E-state index is 0.0694. The van der Waals surface area contributed by atoms with Crippen molar-refractivity contribution in [2.45, 2.75) is 12.8 Å².